The number of pyridine rings is 1. The minimum absolute atomic E-state index is 0.168. The van der Waals surface area contributed by atoms with E-state index in [-0.39, 0.29) is 11.9 Å². The lowest BCUT2D eigenvalue weighted by molar-refractivity contribution is -0.132. The number of benzene rings is 1. The number of nitrogens with zero attached hydrogens (tertiary/aromatic N) is 3. The molecule has 4 aromatic rings. The van der Waals surface area contributed by atoms with Gasteiger partial charge in [-0.15, -0.1) is 22.7 Å². The maximum Gasteiger partial charge on any atom is 0.219 e. The Balaban J connectivity index is 1.48. The van der Waals surface area contributed by atoms with E-state index in [0.717, 1.165) is 46.5 Å². The van der Waals surface area contributed by atoms with Crippen LogP contribution in [-0.2, 0) is 4.79 Å². The van der Waals surface area contributed by atoms with Crippen LogP contribution in [-0.4, -0.2) is 33.4 Å². The zero-order valence-electron chi connectivity index (χ0n) is 16.4. The van der Waals surface area contributed by atoms with Gasteiger partial charge in [0.05, 0.1) is 21.4 Å². The molecule has 1 aromatic carbocycles. The van der Waals surface area contributed by atoms with Crippen molar-refractivity contribution < 1.29 is 4.79 Å². The van der Waals surface area contributed by atoms with Gasteiger partial charge in [0.1, 0.15) is 4.83 Å². The molecule has 2 atom stereocenters. The van der Waals surface area contributed by atoms with Gasteiger partial charge in [0.25, 0.3) is 0 Å². The number of anilines is 2. The summed E-state index contributed by atoms with van der Waals surface area (Å²) in [6.07, 6.45) is 4.02. The summed E-state index contributed by atoms with van der Waals surface area (Å²) in [5, 5.41) is 4.69. The number of thiazole rings is 1. The number of carbonyl (C=O) groups excluding carboxylic acids is 1. The van der Waals surface area contributed by atoms with Gasteiger partial charge in [-0.25, -0.2) is 9.97 Å². The molecule has 0 unspecified atom stereocenters. The molecule has 4 heterocycles. The number of rotatable bonds is 3. The van der Waals surface area contributed by atoms with Gasteiger partial charge in [0, 0.05) is 47.6 Å². The summed E-state index contributed by atoms with van der Waals surface area (Å²) in [6.45, 7) is 4.71. The van der Waals surface area contributed by atoms with Crippen LogP contribution in [0, 0.1) is 0 Å². The van der Waals surface area contributed by atoms with Crippen LogP contribution in [0.2, 0.25) is 0 Å². The SMILES string of the molecule is CC(=O)N1CCC[C@@H](c2cc3c(Nc4ccc5scnc5c4)ccnc3s2)[C@@H]1C. The Morgan fingerprint density at radius 3 is 3.00 bits per heavy atom. The molecule has 1 aliphatic heterocycles. The molecule has 1 N–H and O–H groups in total. The molecule has 148 valence electrons. The summed E-state index contributed by atoms with van der Waals surface area (Å²) in [5.41, 5.74) is 4.97. The van der Waals surface area contributed by atoms with E-state index in [2.05, 4.69) is 46.5 Å². The maximum atomic E-state index is 12.0. The molecule has 3 aromatic heterocycles. The summed E-state index contributed by atoms with van der Waals surface area (Å²) in [5.74, 6) is 0.535. The Kier molecular flexibility index (Phi) is 4.72. The highest BCUT2D eigenvalue weighted by Gasteiger charge is 2.31. The molecule has 5 nitrogen and oxygen atoms in total. The number of likely N-dealkylation sites (tertiary alicyclic amines) is 1. The lowest BCUT2D eigenvalue weighted by Crippen LogP contribution is -2.44. The zero-order chi connectivity index (χ0) is 20.0. The lowest BCUT2D eigenvalue weighted by Gasteiger charge is -2.38. The van der Waals surface area contributed by atoms with Crippen molar-refractivity contribution >= 4 is 60.4 Å². The Hall–Kier alpha value is -2.51. The summed E-state index contributed by atoms with van der Waals surface area (Å²) < 4.78 is 1.19. The molecule has 0 bridgehead atoms. The number of thiophene rings is 1. The molecule has 29 heavy (non-hydrogen) atoms. The van der Waals surface area contributed by atoms with E-state index in [1.54, 1.807) is 29.6 Å². The monoisotopic (exact) mass is 422 g/mol. The maximum absolute atomic E-state index is 12.0. The second-order valence-corrected chi connectivity index (χ2v) is 9.54. The molecule has 0 saturated carbocycles. The van der Waals surface area contributed by atoms with Crippen LogP contribution < -0.4 is 5.32 Å². The quantitative estimate of drug-likeness (QED) is 0.456. The predicted octanol–water partition coefficient (Wildman–Crippen LogP) is 5.76. The number of carbonyl (C=O) groups is 1. The van der Waals surface area contributed by atoms with Crippen LogP contribution in [0.15, 0.2) is 42.0 Å². The Morgan fingerprint density at radius 1 is 1.24 bits per heavy atom. The van der Waals surface area contributed by atoms with Gasteiger partial charge < -0.3 is 10.2 Å². The highest BCUT2D eigenvalue weighted by atomic mass is 32.1. The summed E-state index contributed by atoms with van der Waals surface area (Å²) >= 11 is 3.40. The van der Waals surface area contributed by atoms with Crippen molar-refractivity contribution in [3.63, 3.8) is 0 Å². The standard InChI is InChI=1S/C22H22N4OS2/c1-13-16(4-3-9-26(13)14(2)27)21-11-17-18(7-8-23-22(17)29-21)25-15-5-6-20-19(10-15)24-12-28-20/h5-8,10-13,16H,3-4,9H2,1-2H3,(H,23,25)/t13-,16+/m0/s1. The van der Waals surface area contributed by atoms with E-state index in [0.29, 0.717) is 5.92 Å². The molecule has 0 spiro atoms. The van der Waals surface area contributed by atoms with Crippen molar-refractivity contribution in [1.29, 1.82) is 0 Å². The fraction of sp³-hybridized carbons (Fsp3) is 0.318. The normalized spacial score (nSPS) is 19.7. The first-order valence-electron chi connectivity index (χ1n) is 9.86. The number of aromatic nitrogens is 2. The van der Waals surface area contributed by atoms with Gasteiger partial charge in [-0.3, -0.25) is 4.79 Å². The topological polar surface area (TPSA) is 58.1 Å². The number of hydrogen-bond acceptors (Lipinski definition) is 6. The largest absolute Gasteiger partial charge is 0.355 e. The first kappa shape index (κ1) is 18.5. The fourth-order valence-corrected chi connectivity index (χ4v) is 6.23. The molecule has 1 saturated heterocycles. The average molecular weight is 423 g/mol. The van der Waals surface area contributed by atoms with E-state index in [9.17, 15) is 4.79 Å². The third kappa shape index (κ3) is 3.38. The molecule has 0 radical (unpaired) electrons. The van der Waals surface area contributed by atoms with Gasteiger partial charge in [-0.1, -0.05) is 0 Å². The smallest absolute Gasteiger partial charge is 0.219 e. The lowest BCUT2D eigenvalue weighted by atomic mass is 9.88. The number of fused-ring (bicyclic) bond motifs is 2. The molecule has 1 amide bonds. The highest BCUT2D eigenvalue weighted by Crippen LogP contribution is 2.40. The average Bonchev–Trinajstić information content (AvgIpc) is 3.34. The molecule has 1 aliphatic rings. The van der Waals surface area contributed by atoms with Crippen molar-refractivity contribution in [2.75, 3.05) is 11.9 Å². The van der Waals surface area contributed by atoms with E-state index in [4.69, 9.17) is 0 Å². The molecular weight excluding hydrogens is 400 g/mol. The van der Waals surface area contributed by atoms with Gasteiger partial charge >= 0.3 is 0 Å². The highest BCUT2D eigenvalue weighted by molar-refractivity contribution is 7.18. The Bertz CT molecular complexity index is 1200. The summed E-state index contributed by atoms with van der Waals surface area (Å²) in [7, 11) is 0. The van der Waals surface area contributed by atoms with Crippen LogP contribution in [0.3, 0.4) is 0 Å². The van der Waals surface area contributed by atoms with E-state index in [1.165, 1.54) is 9.58 Å². The molecule has 0 aliphatic carbocycles. The zero-order valence-corrected chi connectivity index (χ0v) is 18.0. The number of amides is 1. The Labute approximate surface area is 177 Å². The first-order valence-corrected chi connectivity index (χ1v) is 11.6. The molecule has 1 fully saturated rings. The predicted molar refractivity (Wildman–Crippen MR) is 121 cm³/mol. The summed E-state index contributed by atoms with van der Waals surface area (Å²) in [6, 6.07) is 10.8. The minimum atomic E-state index is 0.168. The number of nitrogens with one attached hydrogen (secondary N) is 1. The second-order valence-electron chi connectivity index (χ2n) is 7.59. The van der Waals surface area contributed by atoms with Gasteiger partial charge in [0.2, 0.25) is 5.91 Å². The number of hydrogen-bond donors (Lipinski definition) is 1. The van der Waals surface area contributed by atoms with Gasteiger partial charge in [-0.2, -0.15) is 0 Å². The van der Waals surface area contributed by atoms with Crippen molar-refractivity contribution in [2.45, 2.75) is 38.6 Å². The third-order valence-electron chi connectivity index (χ3n) is 5.82. The van der Waals surface area contributed by atoms with Crippen molar-refractivity contribution in [1.82, 2.24) is 14.9 Å². The molecular formula is C22H22N4OS2. The van der Waals surface area contributed by atoms with Crippen LogP contribution in [0.4, 0.5) is 11.4 Å². The van der Waals surface area contributed by atoms with E-state index < -0.39 is 0 Å². The Morgan fingerprint density at radius 2 is 2.14 bits per heavy atom. The first-order chi connectivity index (χ1) is 14.1. The van der Waals surface area contributed by atoms with E-state index in [1.807, 2.05) is 22.7 Å². The number of piperidine rings is 1. The second kappa shape index (κ2) is 7.39. The molecule has 7 heteroatoms. The minimum Gasteiger partial charge on any atom is -0.355 e. The van der Waals surface area contributed by atoms with E-state index >= 15 is 0 Å². The molecule has 5 rings (SSSR count). The fourth-order valence-electron chi connectivity index (χ4n) is 4.31. The van der Waals surface area contributed by atoms with Crippen LogP contribution in [0.25, 0.3) is 20.4 Å². The van der Waals surface area contributed by atoms with Crippen LogP contribution in [0.5, 0.6) is 0 Å². The van der Waals surface area contributed by atoms with Crippen LogP contribution >= 0.6 is 22.7 Å². The van der Waals surface area contributed by atoms with Crippen molar-refractivity contribution in [3.8, 4) is 0 Å². The van der Waals surface area contributed by atoms with Gasteiger partial charge in [0.15, 0.2) is 0 Å². The van der Waals surface area contributed by atoms with Crippen molar-refractivity contribution in [3.05, 3.63) is 46.9 Å². The van der Waals surface area contributed by atoms with Crippen LogP contribution in [0.1, 0.15) is 37.5 Å². The van der Waals surface area contributed by atoms with Crippen molar-refractivity contribution in [2.24, 2.45) is 0 Å². The third-order valence-corrected chi connectivity index (χ3v) is 7.81. The summed E-state index contributed by atoms with van der Waals surface area (Å²) in [4.78, 5) is 25.4. The van der Waals surface area contributed by atoms with Gasteiger partial charge in [-0.05, 0) is 50.1 Å².